The quantitative estimate of drug-likeness (QED) is 0.460. The summed E-state index contributed by atoms with van der Waals surface area (Å²) in [5.41, 5.74) is 0.764. The molecule has 3 amide bonds. The Morgan fingerprint density at radius 3 is 2.45 bits per heavy atom. The van der Waals surface area contributed by atoms with Gasteiger partial charge < -0.3 is 10.2 Å². The number of carbonyl (C=O) groups excluding carboxylic acids is 3. The lowest BCUT2D eigenvalue weighted by atomic mass is 9.95. The highest BCUT2D eigenvalue weighted by Gasteiger charge is 2.41. The first-order chi connectivity index (χ1) is 18.1. The summed E-state index contributed by atoms with van der Waals surface area (Å²) in [7, 11) is -4.05. The molecule has 1 aliphatic carbocycles. The molecular formula is C27H31Cl2N3O5S. The van der Waals surface area contributed by atoms with Crippen molar-refractivity contribution in [3.63, 3.8) is 0 Å². The molecule has 1 saturated carbocycles. The average Bonchev–Trinajstić information content (AvgIpc) is 3.10. The van der Waals surface area contributed by atoms with Gasteiger partial charge in [-0.3, -0.25) is 14.4 Å². The van der Waals surface area contributed by atoms with Crippen LogP contribution in [0, 0.1) is 0 Å². The van der Waals surface area contributed by atoms with Crippen molar-refractivity contribution < 1.29 is 22.8 Å². The molecule has 0 saturated heterocycles. The van der Waals surface area contributed by atoms with Crippen LogP contribution < -0.4 is 5.32 Å². The van der Waals surface area contributed by atoms with Crippen LogP contribution >= 0.6 is 23.2 Å². The van der Waals surface area contributed by atoms with Crippen molar-refractivity contribution in [3.05, 3.63) is 63.6 Å². The SMILES string of the molecule is CC[C@H](C(=O)NC1CCCCC1)N(Cc1ccc(Cl)c(Cl)c1)C(=O)CCN1C(=O)c2ccccc2S1(=O)=O. The van der Waals surface area contributed by atoms with E-state index < -0.39 is 27.9 Å². The molecule has 0 spiro atoms. The molecule has 0 radical (unpaired) electrons. The van der Waals surface area contributed by atoms with Gasteiger partial charge in [0.15, 0.2) is 0 Å². The van der Waals surface area contributed by atoms with Crippen molar-refractivity contribution in [1.82, 2.24) is 14.5 Å². The summed E-state index contributed by atoms with van der Waals surface area (Å²) < 4.78 is 26.6. The van der Waals surface area contributed by atoms with Gasteiger partial charge in [0.2, 0.25) is 11.8 Å². The molecule has 2 aliphatic rings. The van der Waals surface area contributed by atoms with Gasteiger partial charge in [0.05, 0.1) is 15.6 Å². The van der Waals surface area contributed by atoms with Crippen molar-refractivity contribution in [2.75, 3.05) is 6.54 Å². The number of amides is 3. The Morgan fingerprint density at radius 1 is 1.08 bits per heavy atom. The first-order valence-electron chi connectivity index (χ1n) is 12.8. The maximum Gasteiger partial charge on any atom is 0.269 e. The normalized spacial score (nSPS) is 17.7. The third kappa shape index (κ3) is 6.00. The van der Waals surface area contributed by atoms with E-state index in [1.165, 1.54) is 17.0 Å². The maximum atomic E-state index is 13.6. The third-order valence-corrected chi connectivity index (χ3v) is 9.69. The summed E-state index contributed by atoms with van der Waals surface area (Å²) in [5.74, 6) is -1.35. The van der Waals surface area contributed by atoms with E-state index in [0.717, 1.165) is 36.4 Å². The Kier molecular flexibility index (Phi) is 9.00. The van der Waals surface area contributed by atoms with Crippen molar-refractivity contribution in [2.24, 2.45) is 0 Å². The number of sulfonamides is 1. The molecule has 38 heavy (non-hydrogen) atoms. The molecule has 1 heterocycles. The Bertz CT molecular complexity index is 1330. The summed E-state index contributed by atoms with van der Waals surface area (Å²) in [6, 6.07) is 10.3. The van der Waals surface area contributed by atoms with Crippen LogP contribution in [-0.4, -0.2) is 54.0 Å². The molecule has 0 bridgehead atoms. The molecule has 1 aliphatic heterocycles. The molecule has 0 aromatic heterocycles. The second-order valence-corrected chi connectivity index (χ2v) is 12.3. The van der Waals surface area contributed by atoms with E-state index in [2.05, 4.69) is 5.32 Å². The lowest BCUT2D eigenvalue weighted by Crippen LogP contribution is -2.52. The number of fused-ring (bicyclic) bond motifs is 1. The zero-order chi connectivity index (χ0) is 27.4. The summed E-state index contributed by atoms with van der Waals surface area (Å²) in [5, 5.41) is 3.79. The first kappa shape index (κ1) is 28.4. The van der Waals surface area contributed by atoms with E-state index in [0.29, 0.717) is 22.0 Å². The Balaban J connectivity index is 1.55. The van der Waals surface area contributed by atoms with Crippen LogP contribution in [0.4, 0.5) is 0 Å². The fourth-order valence-corrected chi connectivity index (χ4v) is 6.98. The Hall–Kier alpha value is -2.62. The zero-order valence-corrected chi connectivity index (χ0v) is 23.5. The van der Waals surface area contributed by atoms with E-state index in [1.807, 2.05) is 6.92 Å². The highest BCUT2D eigenvalue weighted by molar-refractivity contribution is 7.90. The van der Waals surface area contributed by atoms with Gasteiger partial charge >= 0.3 is 0 Å². The minimum Gasteiger partial charge on any atom is -0.352 e. The van der Waals surface area contributed by atoms with Gasteiger partial charge in [-0.05, 0) is 49.1 Å². The largest absolute Gasteiger partial charge is 0.352 e. The van der Waals surface area contributed by atoms with Crippen LogP contribution in [0.1, 0.15) is 67.8 Å². The van der Waals surface area contributed by atoms with E-state index in [4.69, 9.17) is 23.2 Å². The number of carbonyl (C=O) groups is 3. The number of rotatable bonds is 9. The minimum atomic E-state index is -4.05. The monoisotopic (exact) mass is 579 g/mol. The van der Waals surface area contributed by atoms with E-state index >= 15 is 0 Å². The van der Waals surface area contributed by atoms with Gasteiger partial charge in [0.25, 0.3) is 15.9 Å². The van der Waals surface area contributed by atoms with Crippen LogP contribution in [-0.2, 0) is 26.2 Å². The first-order valence-corrected chi connectivity index (χ1v) is 15.0. The molecule has 204 valence electrons. The number of nitrogens with one attached hydrogen (secondary N) is 1. The topological polar surface area (TPSA) is 104 Å². The molecule has 2 aromatic carbocycles. The maximum absolute atomic E-state index is 13.6. The second kappa shape index (κ2) is 12.1. The highest BCUT2D eigenvalue weighted by Crippen LogP contribution is 2.30. The van der Waals surface area contributed by atoms with Crippen LogP contribution in [0.3, 0.4) is 0 Å². The summed E-state index contributed by atoms with van der Waals surface area (Å²) in [6.45, 7) is 1.58. The molecule has 4 rings (SSSR count). The van der Waals surface area contributed by atoms with Crippen molar-refractivity contribution >= 4 is 50.9 Å². The van der Waals surface area contributed by atoms with Gasteiger partial charge in [0, 0.05) is 25.6 Å². The predicted molar refractivity (Wildman–Crippen MR) is 145 cm³/mol. The molecule has 8 nitrogen and oxygen atoms in total. The Morgan fingerprint density at radius 2 is 1.79 bits per heavy atom. The fraction of sp³-hybridized carbons (Fsp3) is 0.444. The summed E-state index contributed by atoms with van der Waals surface area (Å²) in [4.78, 5) is 41.1. The molecule has 2 aromatic rings. The number of halogens is 2. The molecular weight excluding hydrogens is 549 g/mol. The molecule has 0 unspecified atom stereocenters. The molecule has 11 heteroatoms. The number of benzene rings is 2. The standard InChI is InChI=1S/C27H31Cl2N3O5S/c1-2-23(26(34)30-19-8-4-3-5-9-19)31(17-18-12-13-21(28)22(29)16-18)25(33)14-15-32-27(35)20-10-6-7-11-24(20)38(32,36)37/h6-7,10-13,16,19,23H,2-5,8-9,14-15,17H2,1H3,(H,30,34)/t23-/m1/s1. The molecule has 1 fully saturated rings. The highest BCUT2D eigenvalue weighted by atomic mass is 35.5. The number of hydrogen-bond acceptors (Lipinski definition) is 5. The van der Waals surface area contributed by atoms with Crippen LogP contribution in [0.15, 0.2) is 47.4 Å². The average molecular weight is 581 g/mol. The molecule has 1 atom stereocenters. The summed E-state index contributed by atoms with van der Waals surface area (Å²) in [6.07, 6.45) is 5.14. The van der Waals surface area contributed by atoms with Gasteiger partial charge in [-0.15, -0.1) is 0 Å². The predicted octanol–water partition coefficient (Wildman–Crippen LogP) is 4.78. The van der Waals surface area contributed by atoms with Gasteiger partial charge in [-0.2, -0.15) is 0 Å². The van der Waals surface area contributed by atoms with Gasteiger partial charge in [-0.1, -0.05) is 67.6 Å². The molecule has 1 N–H and O–H groups in total. The summed E-state index contributed by atoms with van der Waals surface area (Å²) >= 11 is 12.3. The van der Waals surface area contributed by atoms with E-state index in [9.17, 15) is 22.8 Å². The number of hydrogen-bond donors (Lipinski definition) is 1. The Labute approximate surface area is 233 Å². The van der Waals surface area contributed by atoms with Crippen LogP contribution in [0.25, 0.3) is 0 Å². The zero-order valence-electron chi connectivity index (χ0n) is 21.2. The van der Waals surface area contributed by atoms with Gasteiger partial charge in [0.1, 0.15) is 10.9 Å². The fourth-order valence-electron chi connectivity index (χ4n) is 5.09. The van der Waals surface area contributed by atoms with E-state index in [-0.39, 0.29) is 41.9 Å². The van der Waals surface area contributed by atoms with Crippen molar-refractivity contribution in [3.8, 4) is 0 Å². The van der Waals surface area contributed by atoms with Gasteiger partial charge in [-0.25, -0.2) is 12.7 Å². The van der Waals surface area contributed by atoms with Crippen LogP contribution in [0.2, 0.25) is 10.0 Å². The lowest BCUT2D eigenvalue weighted by molar-refractivity contribution is -0.141. The minimum absolute atomic E-state index is 0.0663. The van der Waals surface area contributed by atoms with Crippen molar-refractivity contribution in [1.29, 1.82) is 0 Å². The lowest BCUT2D eigenvalue weighted by Gasteiger charge is -2.33. The van der Waals surface area contributed by atoms with E-state index in [1.54, 1.807) is 30.3 Å². The van der Waals surface area contributed by atoms with Crippen molar-refractivity contribution in [2.45, 2.75) is 75.4 Å². The smallest absolute Gasteiger partial charge is 0.269 e. The third-order valence-electron chi connectivity index (χ3n) is 7.12. The second-order valence-electron chi connectivity index (χ2n) is 9.67. The van der Waals surface area contributed by atoms with Crippen LogP contribution in [0.5, 0.6) is 0 Å². The number of nitrogens with zero attached hydrogens (tertiary/aromatic N) is 2.